The topological polar surface area (TPSA) is 86.6 Å². The SMILES string of the molecule is CC(C)N[C@@H](CSC(=O)O)C(=O)O. The van der Waals surface area contributed by atoms with E-state index in [-0.39, 0.29) is 11.8 Å². The second-order valence-electron chi connectivity index (χ2n) is 2.79. The van der Waals surface area contributed by atoms with Gasteiger partial charge in [-0.05, 0) is 11.8 Å². The zero-order valence-electron chi connectivity index (χ0n) is 7.48. The quantitative estimate of drug-likeness (QED) is 0.619. The second kappa shape index (κ2) is 5.82. The van der Waals surface area contributed by atoms with Crippen molar-refractivity contribution in [2.45, 2.75) is 25.9 Å². The third kappa shape index (κ3) is 6.41. The molecular formula is C7H13NO4S. The van der Waals surface area contributed by atoms with Crippen LogP contribution in [0, 0.1) is 0 Å². The molecule has 0 aromatic carbocycles. The summed E-state index contributed by atoms with van der Waals surface area (Å²) in [5.41, 5.74) is 0. The Morgan fingerprint density at radius 2 is 1.92 bits per heavy atom. The zero-order valence-corrected chi connectivity index (χ0v) is 8.30. The van der Waals surface area contributed by atoms with Crippen molar-refractivity contribution in [3.05, 3.63) is 0 Å². The molecule has 0 radical (unpaired) electrons. The van der Waals surface area contributed by atoms with Crippen LogP contribution in [-0.2, 0) is 4.79 Å². The smallest absolute Gasteiger partial charge is 0.364 e. The Labute approximate surface area is 80.5 Å². The molecule has 0 saturated carbocycles. The number of aliphatic carboxylic acids is 1. The lowest BCUT2D eigenvalue weighted by atomic mass is 10.3. The van der Waals surface area contributed by atoms with E-state index in [9.17, 15) is 9.59 Å². The molecule has 0 spiro atoms. The number of nitrogens with one attached hydrogen (secondary N) is 1. The second-order valence-corrected chi connectivity index (χ2v) is 3.76. The summed E-state index contributed by atoms with van der Waals surface area (Å²) in [5, 5.41) is 18.7. The molecule has 1 atom stereocenters. The van der Waals surface area contributed by atoms with E-state index in [0.717, 1.165) is 0 Å². The van der Waals surface area contributed by atoms with Crippen molar-refractivity contribution in [1.82, 2.24) is 5.32 Å². The van der Waals surface area contributed by atoms with Gasteiger partial charge in [0.25, 0.3) is 0 Å². The molecule has 0 unspecified atom stereocenters. The minimum Gasteiger partial charge on any atom is -0.480 e. The molecule has 0 aromatic rings. The van der Waals surface area contributed by atoms with Crippen LogP contribution < -0.4 is 5.32 Å². The monoisotopic (exact) mass is 207 g/mol. The van der Waals surface area contributed by atoms with Gasteiger partial charge in [-0.1, -0.05) is 13.8 Å². The first-order valence-electron chi connectivity index (χ1n) is 3.78. The van der Waals surface area contributed by atoms with E-state index in [1.807, 2.05) is 0 Å². The zero-order chi connectivity index (χ0) is 10.4. The molecule has 6 heteroatoms. The number of carboxylic acid groups (broad SMARTS) is 2. The summed E-state index contributed by atoms with van der Waals surface area (Å²) in [5.74, 6) is -0.995. The van der Waals surface area contributed by atoms with Crippen LogP contribution in [0.4, 0.5) is 4.79 Å². The van der Waals surface area contributed by atoms with Crippen molar-refractivity contribution in [3.8, 4) is 0 Å². The van der Waals surface area contributed by atoms with Crippen LogP contribution in [-0.4, -0.2) is 39.3 Å². The highest BCUT2D eigenvalue weighted by Gasteiger charge is 2.19. The van der Waals surface area contributed by atoms with Crippen LogP contribution in [0.5, 0.6) is 0 Å². The highest BCUT2D eigenvalue weighted by Crippen LogP contribution is 2.04. The predicted octanol–water partition coefficient (Wildman–Crippen LogP) is 0.849. The molecule has 0 saturated heterocycles. The van der Waals surface area contributed by atoms with Crippen LogP contribution in [0.3, 0.4) is 0 Å². The summed E-state index contributed by atoms with van der Waals surface area (Å²) in [7, 11) is 0. The lowest BCUT2D eigenvalue weighted by molar-refractivity contribution is -0.139. The summed E-state index contributed by atoms with van der Waals surface area (Å²) >= 11 is 0.583. The highest BCUT2D eigenvalue weighted by molar-refractivity contribution is 8.13. The maximum atomic E-state index is 10.6. The molecule has 0 rings (SSSR count). The summed E-state index contributed by atoms with van der Waals surface area (Å²) in [6.07, 6.45) is 0. The van der Waals surface area contributed by atoms with Gasteiger partial charge < -0.3 is 15.5 Å². The lowest BCUT2D eigenvalue weighted by Gasteiger charge is -2.15. The Balaban J connectivity index is 3.95. The summed E-state index contributed by atoms with van der Waals surface area (Å²) in [6, 6.07) is -0.781. The van der Waals surface area contributed by atoms with Crippen LogP contribution in [0.1, 0.15) is 13.8 Å². The number of hydrogen-bond acceptors (Lipinski definition) is 4. The van der Waals surface area contributed by atoms with Crippen molar-refractivity contribution >= 4 is 23.0 Å². The molecule has 3 N–H and O–H groups in total. The van der Waals surface area contributed by atoms with Crippen molar-refractivity contribution in [3.63, 3.8) is 0 Å². The van der Waals surface area contributed by atoms with E-state index in [1.165, 1.54) is 0 Å². The molecule has 76 valence electrons. The molecule has 0 aliphatic carbocycles. The van der Waals surface area contributed by atoms with Gasteiger partial charge in [0.15, 0.2) is 0 Å². The van der Waals surface area contributed by atoms with E-state index < -0.39 is 17.3 Å². The first-order chi connectivity index (χ1) is 5.93. The largest absolute Gasteiger partial charge is 0.480 e. The molecule has 0 aliphatic rings. The van der Waals surface area contributed by atoms with Gasteiger partial charge in [0, 0.05) is 11.8 Å². The average Bonchev–Trinajstić information content (AvgIpc) is 1.96. The Kier molecular flexibility index (Phi) is 5.48. The van der Waals surface area contributed by atoms with Crippen LogP contribution in [0.2, 0.25) is 0 Å². The molecule has 0 fully saturated rings. The summed E-state index contributed by atoms with van der Waals surface area (Å²) in [6.45, 7) is 3.61. The van der Waals surface area contributed by atoms with E-state index in [0.29, 0.717) is 11.8 Å². The first-order valence-corrected chi connectivity index (χ1v) is 4.76. The standard InChI is InChI=1S/C7H13NO4S/c1-4(2)8-5(6(9)10)3-13-7(11)12/h4-5,8H,3H2,1-2H3,(H,9,10)(H,11,12)/t5-/m0/s1. The predicted molar refractivity (Wildman–Crippen MR) is 50.2 cm³/mol. The van der Waals surface area contributed by atoms with Gasteiger partial charge in [0.05, 0.1) is 0 Å². The van der Waals surface area contributed by atoms with Gasteiger partial charge in [-0.15, -0.1) is 0 Å². The minimum absolute atomic E-state index is 0.0236. The summed E-state index contributed by atoms with van der Waals surface area (Å²) < 4.78 is 0. The fourth-order valence-electron chi connectivity index (χ4n) is 0.748. The summed E-state index contributed by atoms with van der Waals surface area (Å²) in [4.78, 5) is 20.7. The molecular weight excluding hydrogens is 194 g/mol. The maximum absolute atomic E-state index is 10.6. The van der Waals surface area contributed by atoms with Gasteiger partial charge >= 0.3 is 11.3 Å². The van der Waals surface area contributed by atoms with E-state index >= 15 is 0 Å². The number of carboxylic acids is 1. The third-order valence-electron chi connectivity index (χ3n) is 1.21. The van der Waals surface area contributed by atoms with E-state index in [1.54, 1.807) is 13.8 Å². The van der Waals surface area contributed by atoms with Crippen molar-refractivity contribution in [1.29, 1.82) is 0 Å². The Morgan fingerprint density at radius 3 is 2.23 bits per heavy atom. The molecule has 0 heterocycles. The minimum atomic E-state index is -1.06. The third-order valence-corrected chi connectivity index (χ3v) is 1.95. The highest BCUT2D eigenvalue weighted by atomic mass is 32.2. The fraction of sp³-hybridized carbons (Fsp3) is 0.714. The molecule has 0 amide bonds. The van der Waals surface area contributed by atoms with Crippen molar-refractivity contribution in [2.24, 2.45) is 0 Å². The Bertz CT molecular complexity index is 195. The molecule has 0 aliphatic heterocycles. The van der Waals surface area contributed by atoms with Crippen molar-refractivity contribution in [2.75, 3.05) is 5.75 Å². The Hall–Kier alpha value is -0.750. The van der Waals surface area contributed by atoms with Gasteiger partial charge in [0.2, 0.25) is 0 Å². The number of rotatable bonds is 5. The van der Waals surface area contributed by atoms with Crippen LogP contribution in [0.15, 0.2) is 0 Å². The van der Waals surface area contributed by atoms with Gasteiger partial charge in [0.1, 0.15) is 6.04 Å². The number of carbonyl (C=O) groups is 2. The average molecular weight is 207 g/mol. The van der Waals surface area contributed by atoms with E-state index in [4.69, 9.17) is 10.2 Å². The fourth-order valence-corrected chi connectivity index (χ4v) is 1.30. The van der Waals surface area contributed by atoms with Crippen LogP contribution >= 0.6 is 11.8 Å². The lowest BCUT2D eigenvalue weighted by Crippen LogP contribution is -2.42. The van der Waals surface area contributed by atoms with E-state index in [2.05, 4.69) is 5.32 Å². The maximum Gasteiger partial charge on any atom is 0.364 e. The molecule has 5 nitrogen and oxygen atoms in total. The van der Waals surface area contributed by atoms with Gasteiger partial charge in [-0.25, -0.2) is 4.79 Å². The molecule has 13 heavy (non-hydrogen) atoms. The number of hydrogen-bond donors (Lipinski definition) is 3. The number of thioether (sulfide) groups is 1. The van der Waals surface area contributed by atoms with Gasteiger partial charge in [-0.2, -0.15) is 0 Å². The first kappa shape index (κ1) is 12.2. The Morgan fingerprint density at radius 1 is 1.38 bits per heavy atom. The normalized spacial score (nSPS) is 12.8. The van der Waals surface area contributed by atoms with Gasteiger partial charge in [-0.3, -0.25) is 4.79 Å². The van der Waals surface area contributed by atoms with Crippen molar-refractivity contribution < 1.29 is 19.8 Å². The molecule has 0 bridgehead atoms. The molecule has 0 aromatic heterocycles. The van der Waals surface area contributed by atoms with Crippen LogP contribution in [0.25, 0.3) is 0 Å².